The molecule has 3 N–H and O–H groups in total. The second kappa shape index (κ2) is 8.95. The van der Waals surface area contributed by atoms with Gasteiger partial charge in [0.1, 0.15) is 0 Å². The molecular formula is C31H50O5. The second-order valence-corrected chi connectivity index (χ2v) is 14.1. The summed E-state index contributed by atoms with van der Waals surface area (Å²) in [4.78, 5) is 11.8. The van der Waals surface area contributed by atoms with Crippen LogP contribution in [0.2, 0.25) is 0 Å². The summed E-state index contributed by atoms with van der Waals surface area (Å²) in [5.74, 6) is 0.296. The molecule has 3 fully saturated rings. The van der Waals surface area contributed by atoms with Crippen LogP contribution in [0.3, 0.4) is 0 Å². The van der Waals surface area contributed by atoms with Gasteiger partial charge in [-0.1, -0.05) is 53.2 Å². The fourth-order valence-corrected chi connectivity index (χ4v) is 9.54. The standard InChI is InChI=1S/C31H50O5/c1-19(26(34)36-8)17-21(32)18-20(2)28(5)13-11-22-23-9-10-24-27(3,4)25(33)12-14-30(24,7)31(23,35)16-15-29(22,28)6/h11,17,20-21,23-25,32-33,35H,9-10,12-16,18H2,1-8H3/b19-17-/t20-,21+,23+,24+,25-,28+,29-,30+,31-/m1/s1. The zero-order valence-electron chi connectivity index (χ0n) is 23.9. The Bertz CT molecular complexity index is 951. The summed E-state index contributed by atoms with van der Waals surface area (Å²) in [5, 5.41) is 34.1. The van der Waals surface area contributed by atoms with Gasteiger partial charge in [0.15, 0.2) is 0 Å². The van der Waals surface area contributed by atoms with E-state index in [9.17, 15) is 20.1 Å². The molecule has 5 nitrogen and oxygen atoms in total. The smallest absolute Gasteiger partial charge is 0.333 e. The largest absolute Gasteiger partial charge is 0.466 e. The fraction of sp³-hybridized carbons (Fsp3) is 0.839. The molecule has 0 unspecified atom stereocenters. The van der Waals surface area contributed by atoms with Crippen LogP contribution in [-0.4, -0.2) is 46.2 Å². The van der Waals surface area contributed by atoms with Crippen LogP contribution in [0, 0.1) is 39.4 Å². The van der Waals surface area contributed by atoms with Gasteiger partial charge in [-0.3, -0.25) is 0 Å². The van der Waals surface area contributed by atoms with Crippen LogP contribution >= 0.6 is 0 Å². The number of ether oxygens (including phenoxy) is 1. The molecule has 0 bridgehead atoms. The van der Waals surface area contributed by atoms with E-state index in [1.165, 1.54) is 12.7 Å². The summed E-state index contributed by atoms with van der Waals surface area (Å²) < 4.78 is 4.78. The van der Waals surface area contributed by atoms with Crippen LogP contribution in [0.4, 0.5) is 0 Å². The third-order valence-corrected chi connectivity index (χ3v) is 12.4. The Kier molecular flexibility index (Phi) is 6.92. The average Bonchev–Trinajstić information content (AvgIpc) is 3.08. The van der Waals surface area contributed by atoms with E-state index >= 15 is 0 Å². The lowest BCUT2D eigenvalue weighted by Crippen LogP contribution is -2.67. The lowest BCUT2D eigenvalue weighted by Gasteiger charge is -2.68. The van der Waals surface area contributed by atoms with E-state index in [1.54, 1.807) is 13.0 Å². The molecule has 204 valence electrons. The van der Waals surface area contributed by atoms with Crippen LogP contribution in [0.5, 0.6) is 0 Å². The molecule has 4 rings (SSSR count). The highest BCUT2D eigenvalue weighted by Crippen LogP contribution is 2.72. The van der Waals surface area contributed by atoms with Gasteiger partial charge in [0, 0.05) is 16.9 Å². The lowest BCUT2D eigenvalue weighted by atomic mass is 9.39. The molecule has 4 aliphatic rings. The Labute approximate surface area is 218 Å². The zero-order chi connectivity index (χ0) is 26.9. The van der Waals surface area contributed by atoms with Gasteiger partial charge in [-0.05, 0) is 92.4 Å². The molecule has 0 aromatic rings. The Balaban J connectivity index is 1.59. The Morgan fingerprint density at radius 1 is 1.14 bits per heavy atom. The minimum absolute atomic E-state index is 0.0303. The van der Waals surface area contributed by atoms with Crippen molar-refractivity contribution in [3.8, 4) is 0 Å². The number of rotatable bonds is 5. The molecule has 9 atom stereocenters. The van der Waals surface area contributed by atoms with Crippen molar-refractivity contribution in [2.24, 2.45) is 39.4 Å². The molecule has 3 saturated carbocycles. The van der Waals surface area contributed by atoms with Crippen LogP contribution in [0.15, 0.2) is 23.3 Å². The number of hydrogen-bond acceptors (Lipinski definition) is 5. The van der Waals surface area contributed by atoms with Crippen molar-refractivity contribution in [1.29, 1.82) is 0 Å². The first-order chi connectivity index (χ1) is 16.6. The van der Waals surface area contributed by atoms with E-state index in [2.05, 4.69) is 47.6 Å². The van der Waals surface area contributed by atoms with Gasteiger partial charge in [-0.25, -0.2) is 4.79 Å². The second-order valence-electron chi connectivity index (χ2n) is 14.1. The van der Waals surface area contributed by atoms with Crippen molar-refractivity contribution in [2.45, 2.75) is 118 Å². The summed E-state index contributed by atoms with van der Waals surface area (Å²) in [6.07, 6.45) is 9.97. The summed E-state index contributed by atoms with van der Waals surface area (Å²) in [6, 6.07) is 0. The number of aliphatic hydroxyl groups excluding tert-OH is 2. The Morgan fingerprint density at radius 2 is 1.81 bits per heavy atom. The molecule has 0 aromatic carbocycles. The molecule has 0 radical (unpaired) electrons. The van der Waals surface area contributed by atoms with Crippen molar-refractivity contribution >= 4 is 5.97 Å². The van der Waals surface area contributed by atoms with Crippen LogP contribution in [0.1, 0.15) is 99.8 Å². The van der Waals surface area contributed by atoms with Crippen molar-refractivity contribution in [3.05, 3.63) is 23.3 Å². The highest BCUT2D eigenvalue weighted by molar-refractivity contribution is 5.87. The highest BCUT2D eigenvalue weighted by Gasteiger charge is 2.69. The van der Waals surface area contributed by atoms with Gasteiger partial charge < -0.3 is 20.1 Å². The van der Waals surface area contributed by atoms with Crippen molar-refractivity contribution in [2.75, 3.05) is 7.11 Å². The number of esters is 1. The molecule has 0 saturated heterocycles. The normalized spacial score (nSPS) is 45.6. The third kappa shape index (κ3) is 3.70. The first kappa shape index (κ1) is 27.9. The summed E-state index contributed by atoms with van der Waals surface area (Å²) >= 11 is 0. The van der Waals surface area contributed by atoms with Gasteiger partial charge in [0.25, 0.3) is 0 Å². The van der Waals surface area contributed by atoms with Crippen LogP contribution in [0.25, 0.3) is 0 Å². The lowest BCUT2D eigenvalue weighted by molar-refractivity contribution is -0.243. The van der Waals surface area contributed by atoms with Gasteiger partial charge in [-0.15, -0.1) is 0 Å². The number of fused-ring (bicyclic) bond motifs is 5. The monoisotopic (exact) mass is 502 g/mol. The summed E-state index contributed by atoms with van der Waals surface area (Å²) in [6.45, 7) is 15.4. The summed E-state index contributed by atoms with van der Waals surface area (Å²) in [5.41, 5.74) is 0.685. The maximum absolute atomic E-state index is 12.5. The van der Waals surface area contributed by atoms with E-state index in [-0.39, 0.29) is 39.6 Å². The molecule has 0 spiro atoms. The van der Waals surface area contributed by atoms with Gasteiger partial charge in [-0.2, -0.15) is 0 Å². The van der Waals surface area contributed by atoms with Crippen molar-refractivity contribution < 1.29 is 24.9 Å². The number of allylic oxidation sites excluding steroid dienone is 1. The Hall–Kier alpha value is -1.17. The van der Waals surface area contributed by atoms with Gasteiger partial charge >= 0.3 is 5.97 Å². The first-order valence-electron chi connectivity index (χ1n) is 14.1. The van der Waals surface area contributed by atoms with E-state index in [4.69, 9.17) is 4.74 Å². The van der Waals surface area contributed by atoms with Crippen LogP contribution in [-0.2, 0) is 9.53 Å². The van der Waals surface area contributed by atoms with Gasteiger partial charge in [0.05, 0.1) is 24.9 Å². The molecular weight excluding hydrogens is 452 g/mol. The highest BCUT2D eigenvalue weighted by atomic mass is 16.5. The van der Waals surface area contributed by atoms with Crippen molar-refractivity contribution in [3.63, 3.8) is 0 Å². The minimum atomic E-state index is -0.743. The average molecular weight is 503 g/mol. The zero-order valence-corrected chi connectivity index (χ0v) is 23.9. The topological polar surface area (TPSA) is 87.0 Å². The molecule has 0 amide bonds. The van der Waals surface area contributed by atoms with Crippen LogP contribution < -0.4 is 0 Å². The van der Waals surface area contributed by atoms with E-state index < -0.39 is 17.7 Å². The van der Waals surface area contributed by atoms with E-state index in [0.29, 0.717) is 17.9 Å². The molecule has 0 aromatic heterocycles. The van der Waals surface area contributed by atoms with E-state index in [1.807, 2.05) is 0 Å². The van der Waals surface area contributed by atoms with Gasteiger partial charge in [0.2, 0.25) is 0 Å². The Morgan fingerprint density at radius 3 is 2.44 bits per heavy atom. The van der Waals surface area contributed by atoms with Crippen molar-refractivity contribution in [1.82, 2.24) is 0 Å². The molecule has 0 aliphatic heterocycles. The first-order valence-corrected chi connectivity index (χ1v) is 14.1. The summed E-state index contributed by atoms with van der Waals surface area (Å²) in [7, 11) is 1.36. The predicted octanol–water partition coefficient (Wildman–Crippen LogP) is 5.57. The van der Waals surface area contributed by atoms with E-state index in [0.717, 1.165) is 44.9 Å². The molecule has 0 heterocycles. The molecule has 5 heteroatoms. The minimum Gasteiger partial charge on any atom is -0.466 e. The predicted molar refractivity (Wildman–Crippen MR) is 142 cm³/mol. The molecule has 4 aliphatic carbocycles. The third-order valence-electron chi connectivity index (χ3n) is 12.4. The fourth-order valence-electron chi connectivity index (χ4n) is 9.54. The SMILES string of the molecule is COC(=O)/C(C)=C\[C@H](O)C[C@@H](C)[C@]1(C)CC=C2[C@@H]3CC[C@H]4C(C)(C)[C@H](O)CC[C@]4(C)[C@@]3(O)CC[C@]21C. The maximum Gasteiger partial charge on any atom is 0.333 e. The number of carbonyl (C=O) groups excluding carboxylic acids is 1. The maximum atomic E-state index is 12.5. The number of hydrogen-bond donors (Lipinski definition) is 3. The number of aliphatic hydroxyl groups is 3. The number of methoxy groups -OCH3 is 1. The number of carbonyl (C=O) groups is 1. The quantitative estimate of drug-likeness (QED) is 0.260. The molecule has 36 heavy (non-hydrogen) atoms.